The van der Waals surface area contributed by atoms with E-state index in [2.05, 4.69) is 4.72 Å². The van der Waals surface area contributed by atoms with Gasteiger partial charge >= 0.3 is 0 Å². The standard InChI is InChI=1S/C17H27FN2O4S/c1-10(2)9-14(16(21)17(22)15(19)11(3)4)20-25(23,24)13-7-5-12(18)6-8-13/h5-8,10-11,14-15,17,20,22H,9,19H2,1-4H3/t14-,15-,17?/m0/s1. The van der Waals surface area contributed by atoms with E-state index in [1.807, 2.05) is 13.8 Å². The van der Waals surface area contributed by atoms with Crippen molar-refractivity contribution in [2.24, 2.45) is 17.6 Å². The fraction of sp³-hybridized carbons (Fsp3) is 0.588. The Morgan fingerprint density at radius 1 is 1.20 bits per heavy atom. The SMILES string of the molecule is CC(C)C[C@H](NS(=O)(=O)c1ccc(F)cc1)C(=O)C(O)[C@@H](N)C(C)C. The maximum Gasteiger partial charge on any atom is 0.241 e. The van der Waals surface area contributed by atoms with E-state index in [0.717, 1.165) is 24.3 Å². The lowest BCUT2D eigenvalue weighted by Gasteiger charge is -2.26. The molecule has 0 bridgehead atoms. The summed E-state index contributed by atoms with van der Waals surface area (Å²) in [5.74, 6) is -1.37. The molecule has 0 amide bonds. The molecule has 0 spiro atoms. The zero-order valence-electron chi connectivity index (χ0n) is 14.9. The Kier molecular flexibility index (Phi) is 7.67. The molecule has 0 aliphatic rings. The molecule has 0 aliphatic heterocycles. The number of benzene rings is 1. The Balaban J connectivity index is 3.06. The van der Waals surface area contributed by atoms with Crippen molar-refractivity contribution in [3.05, 3.63) is 30.1 Å². The second kappa shape index (κ2) is 8.84. The van der Waals surface area contributed by atoms with Crippen LogP contribution < -0.4 is 10.5 Å². The quantitative estimate of drug-likeness (QED) is 0.606. The first-order valence-electron chi connectivity index (χ1n) is 8.21. The lowest BCUT2D eigenvalue weighted by atomic mass is 9.91. The number of hydrogen-bond acceptors (Lipinski definition) is 5. The van der Waals surface area contributed by atoms with Gasteiger partial charge in [0.15, 0.2) is 5.78 Å². The van der Waals surface area contributed by atoms with Gasteiger partial charge in [-0.15, -0.1) is 0 Å². The average molecular weight is 374 g/mol. The number of carbonyl (C=O) groups excluding carboxylic acids is 1. The molecule has 1 unspecified atom stereocenters. The van der Waals surface area contributed by atoms with E-state index in [9.17, 15) is 22.7 Å². The van der Waals surface area contributed by atoms with Crippen molar-refractivity contribution in [2.75, 3.05) is 0 Å². The molecule has 1 rings (SSSR count). The molecule has 0 heterocycles. The smallest absolute Gasteiger partial charge is 0.241 e. The molecule has 0 aliphatic carbocycles. The van der Waals surface area contributed by atoms with Gasteiger partial charge in [0, 0.05) is 6.04 Å². The van der Waals surface area contributed by atoms with Gasteiger partial charge < -0.3 is 10.8 Å². The lowest BCUT2D eigenvalue weighted by Crippen LogP contribution is -2.52. The first-order chi connectivity index (χ1) is 11.5. The molecule has 0 fully saturated rings. The third-order valence-corrected chi connectivity index (χ3v) is 5.39. The number of Topliss-reactive ketones (excluding diaryl/α,β-unsaturated/α-hetero) is 1. The van der Waals surface area contributed by atoms with Gasteiger partial charge in [-0.25, -0.2) is 17.5 Å². The summed E-state index contributed by atoms with van der Waals surface area (Å²) >= 11 is 0. The molecule has 0 aromatic heterocycles. The van der Waals surface area contributed by atoms with Crippen LogP contribution in [0.3, 0.4) is 0 Å². The molecule has 3 atom stereocenters. The maximum atomic E-state index is 13.0. The molecule has 0 radical (unpaired) electrons. The summed E-state index contributed by atoms with van der Waals surface area (Å²) < 4.78 is 40.2. The fourth-order valence-corrected chi connectivity index (χ4v) is 3.54. The number of nitrogens with two attached hydrogens (primary N) is 1. The largest absolute Gasteiger partial charge is 0.384 e. The normalized spacial score (nSPS) is 16.0. The van der Waals surface area contributed by atoms with Gasteiger partial charge in [0.1, 0.15) is 11.9 Å². The van der Waals surface area contributed by atoms with E-state index in [-0.39, 0.29) is 23.2 Å². The lowest BCUT2D eigenvalue weighted by molar-refractivity contribution is -0.130. The number of hydrogen-bond donors (Lipinski definition) is 3. The summed E-state index contributed by atoms with van der Waals surface area (Å²) in [5, 5.41) is 10.2. The van der Waals surface area contributed by atoms with Gasteiger partial charge in [0.25, 0.3) is 0 Å². The van der Waals surface area contributed by atoms with Crippen LogP contribution in [0.15, 0.2) is 29.2 Å². The Hall–Kier alpha value is -1.35. The predicted molar refractivity (Wildman–Crippen MR) is 93.8 cm³/mol. The van der Waals surface area contributed by atoms with Gasteiger partial charge in [-0.05, 0) is 42.5 Å². The second-order valence-corrected chi connectivity index (χ2v) is 8.64. The van der Waals surface area contributed by atoms with Crippen molar-refractivity contribution >= 4 is 15.8 Å². The van der Waals surface area contributed by atoms with Gasteiger partial charge in [-0.2, -0.15) is 0 Å². The maximum absolute atomic E-state index is 13.0. The van der Waals surface area contributed by atoms with Crippen molar-refractivity contribution in [2.45, 2.75) is 57.2 Å². The minimum atomic E-state index is -4.04. The van der Waals surface area contributed by atoms with Gasteiger partial charge in [0.05, 0.1) is 10.9 Å². The number of aliphatic hydroxyl groups excluding tert-OH is 1. The van der Waals surface area contributed by atoms with Crippen molar-refractivity contribution in [1.29, 1.82) is 0 Å². The van der Waals surface area contributed by atoms with Crippen LogP contribution >= 0.6 is 0 Å². The highest BCUT2D eigenvalue weighted by Gasteiger charge is 2.34. The van der Waals surface area contributed by atoms with Gasteiger partial charge in [-0.1, -0.05) is 27.7 Å². The van der Waals surface area contributed by atoms with E-state index in [1.54, 1.807) is 13.8 Å². The summed E-state index contributed by atoms with van der Waals surface area (Å²) in [4.78, 5) is 12.4. The van der Waals surface area contributed by atoms with Crippen LogP contribution in [-0.2, 0) is 14.8 Å². The average Bonchev–Trinajstić information content (AvgIpc) is 2.51. The third kappa shape index (κ3) is 6.14. The number of rotatable bonds is 9. The van der Waals surface area contributed by atoms with E-state index in [0.29, 0.717) is 0 Å². The van der Waals surface area contributed by atoms with E-state index in [4.69, 9.17) is 5.73 Å². The summed E-state index contributed by atoms with van der Waals surface area (Å²) in [5.41, 5.74) is 5.83. The van der Waals surface area contributed by atoms with E-state index >= 15 is 0 Å². The zero-order valence-corrected chi connectivity index (χ0v) is 15.8. The van der Waals surface area contributed by atoms with Crippen LogP contribution in [0.1, 0.15) is 34.1 Å². The van der Waals surface area contributed by atoms with Crippen molar-refractivity contribution in [1.82, 2.24) is 4.72 Å². The van der Waals surface area contributed by atoms with Crippen molar-refractivity contribution < 1.29 is 22.7 Å². The topological polar surface area (TPSA) is 109 Å². The molecule has 25 heavy (non-hydrogen) atoms. The highest BCUT2D eigenvalue weighted by atomic mass is 32.2. The monoisotopic (exact) mass is 374 g/mol. The molecule has 8 heteroatoms. The first-order valence-corrected chi connectivity index (χ1v) is 9.69. The number of halogens is 1. The van der Waals surface area contributed by atoms with E-state index in [1.165, 1.54) is 0 Å². The number of carbonyl (C=O) groups is 1. The second-order valence-electron chi connectivity index (χ2n) is 6.93. The molecule has 0 saturated carbocycles. The molecular weight excluding hydrogens is 347 g/mol. The predicted octanol–water partition coefficient (Wildman–Crippen LogP) is 1.43. The number of nitrogens with one attached hydrogen (secondary N) is 1. The fourth-order valence-electron chi connectivity index (χ4n) is 2.32. The molecule has 4 N–H and O–H groups in total. The first kappa shape index (κ1) is 21.7. The minimum absolute atomic E-state index is 0.00680. The van der Waals surface area contributed by atoms with Crippen LogP contribution in [0.2, 0.25) is 0 Å². The van der Waals surface area contributed by atoms with Crippen LogP contribution in [-0.4, -0.2) is 37.5 Å². The summed E-state index contributed by atoms with van der Waals surface area (Å²) in [6.07, 6.45) is -1.26. The number of ketones is 1. The highest BCUT2D eigenvalue weighted by molar-refractivity contribution is 7.89. The third-order valence-electron chi connectivity index (χ3n) is 3.90. The molecule has 0 saturated heterocycles. The van der Waals surface area contributed by atoms with Crippen molar-refractivity contribution in [3.63, 3.8) is 0 Å². The summed E-state index contributed by atoms with van der Waals surface area (Å²) in [6.45, 7) is 7.20. The molecule has 1 aromatic carbocycles. The van der Waals surface area contributed by atoms with Crippen LogP contribution in [0.25, 0.3) is 0 Å². The van der Waals surface area contributed by atoms with Crippen molar-refractivity contribution in [3.8, 4) is 0 Å². The Morgan fingerprint density at radius 3 is 2.16 bits per heavy atom. The van der Waals surface area contributed by atoms with Crippen LogP contribution in [0.5, 0.6) is 0 Å². The highest BCUT2D eigenvalue weighted by Crippen LogP contribution is 2.16. The van der Waals surface area contributed by atoms with Gasteiger partial charge in [-0.3, -0.25) is 4.79 Å². The summed E-state index contributed by atoms with van der Waals surface area (Å²) in [7, 11) is -4.04. The Morgan fingerprint density at radius 2 is 1.72 bits per heavy atom. The molecule has 6 nitrogen and oxygen atoms in total. The summed E-state index contributed by atoms with van der Waals surface area (Å²) in [6, 6.07) is 2.37. The zero-order chi connectivity index (χ0) is 19.4. The number of aliphatic hydroxyl groups is 1. The van der Waals surface area contributed by atoms with Crippen LogP contribution in [0, 0.1) is 17.7 Å². The Labute approximate surface area is 148 Å². The van der Waals surface area contributed by atoms with E-state index < -0.39 is 39.8 Å². The molecule has 1 aromatic rings. The molecule has 142 valence electrons. The minimum Gasteiger partial charge on any atom is -0.384 e. The Bertz CT molecular complexity index is 674. The molecular formula is C17H27FN2O4S. The number of sulfonamides is 1. The van der Waals surface area contributed by atoms with Gasteiger partial charge in [0.2, 0.25) is 10.0 Å². The van der Waals surface area contributed by atoms with Crippen LogP contribution in [0.4, 0.5) is 4.39 Å².